The maximum atomic E-state index is 12.7. The fourth-order valence-corrected chi connectivity index (χ4v) is 3.63. The average molecular weight is 310 g/mol. The van der Waals surface area contributed by atoms with Crippen molar-refractivity contribution < 1.29 is 9.59 Å². The standard InChI is InChI=1S/C19H22N2O2/c1-3-10-20-11-9-14(12-18(20)22)17(4-2)21-13-15-7-5-6-8-16(15)19(21)23/h3-8,14,17H,1-2,9-13H2. The smallest absolute Gasteiger partial charge is 0.255 e. The van der Waals surface area contributed by atoms with Crippen molar-refractivity contribution in [3.8, 4) is 0 Å². The summed E-state index contributed by atoms with van der Waals surface area (Å²) in [6.45, 7) is 9.53. The third kappa shape index (κ3) is 2.81. The van der Waals surface area contributed by atoms with Gasteiger partial charge in [0.2, 0.25) is 5.91 Å². The lowest BCUT2D eigenvalue weighted by molar-refractivity contribution is -0.135. The molecule has 0 bridgehead atoms. The van der Waals surface area contributed by atoms with Crippen LogP contribution in [0.4, 0.5) is 0 Å². The Balaban J connectivity index is 1.75. The second-order valence-corrected chi connectivity index (χ2v) is 6.20. The molecule has 2 amide bonds. The lowest BCUT2D eigenvalue weighted by Crippen LogP contribution is -2.47. The second-order valence-electron chi connectivity index (χ2n) is 6.20. The molecule has 4 nitrogen and oxygen atoms in total. The van der Waals surface area contributed by atoms with Crippen molar-refractivity contribution in [1.29, 1.82) is 0 Å². The molecule has 4 heteroatoms. The van der Waals surface area contributed by atoms with E-state index in [9.17, 15) is 9.59 Å². The van der Waals surface area contributed by atoms with Crippen molar-refractivity contribution in [2.75, 3.05) is 13.1 Å². The van der Waals surface area contributed by atoms with E-state index < -0.39 is 0 Å². The number of fused-ring (bicyclic) bond motifs is 1. The van der Waals surface area contributed by atoms with Crippen LogP contribution in [0.2, 0.25) is 0 Å². The highest BCUT2D eigenvalue weighted by Gasteiger charge is 2.37. The molecule has 0 aliphatic carbocycles. The molecule has 2 unspecified atom stereocenters. The Morgan fingerprint density at radius 2 is 2.04 bits per heavy atom. The first-order valence-corrected chi connectivity index (χ1v) is 8.05. The maximum absolute atomic E-state index is 12.7. The van der Waals surface area contributed by atoms with E-state index in [-0.39, 0.29) is 23.8 Å². The van der Waals surface area contributed by atoms with Crippen LogP contribution in [-0.4, -0.2) is 40.7 Å². The number of benzene rings is 1. The van der Waals surface area contributed by atoms with E-state index in [1.165, 1.54) is 0 Å². The number of carbonyl (C=O) groups excluding carboxylic acids is 2. The minimum atomic E-state index is -0.0928. The summed E-state index contributed by atoms with van der Waals surface area (Å²) in [4.78, 5) is 28.6. The maximum Gasteiger partial charge on any atom is 0.255 e. The zero-order chi connectivity index (χ0) is 16.4. The number of amides is 2. The van der Waals surface area contributed by atoms with Gasteiger partial charge in [0, 0.05) is 31.6 Å². The van der Waals surface area contributed by atoms with Gasteiger partial charge in [0.25, 0.3) is 5.91 Å². The van der Waals surface area contributed by atoms with E-state index in [2.05, 4.69) is 13.2 Å². The van der Waals surface area contributed by atoms with Crippen LogP contribution in [0.25, 0.3) is 0 Å². The van der Waals surface area contributed by atoms with Crippen molar-refractivity contribution in [2.45, 2.75) is 25.4 Å². The van der Waals surface area contributed by atoms with E-state index in [0.717, 1.165) is 24.1 Å². The van der Waals surface area contributed by atoms with Gasteiger partial charge >= 0.3 is 0 Å². The number of hydrogen-bond donors (Lipinski definition) is 0. The lowest BCUT2D eigenvalue weighted by Gasteiger charge is -2.37. The highest BCUT2D eigenvalue weighted by molar-refractivity contribution is 5.98. The highest BCUT2D eigenvalue weighted by Crippen LogP contribution is 2.31. The molecule has 2 atom stereocenters. The molecule has 1 fully saturated rings. The third-order valence-corrected chi connectivity index (χ3v) is 4.84. The average Bonchev–Trinajstić information content (AvgIpc) is 2.88. The quantitative estimate of drug-likeness (QED) is 0.784. The van der Waals surface area contributed by atoms with Crippen LogP contribution < -0.4 is 0 Å². The highest BCUT2D eigenvalue weighted by atomic mass is 16.2. The number of hydrogen-bond acceptors (Lipinski definition) is 2. The first-order chi connectivity index (χ1) is 11.2. The minimum Gasteiger partial charge on any atom is -0.339 e. The fourth-order valence-electron chi connectivity index (χ4n) is 3.63. The monoisotopic (exact) mass is 310 g/mol. The summed E-state index contributed by atoms with van der Waals surface area (Å²) in [6.07, 6.45) is 4.93. The third-order valence-electron chi connectivity index (χ3n) is 4.84. The number of piperidine rings is 1. The Kier molecular flexibility index (Phi) is 4.33. The summed E-state index contributed by atoms with van der Waals surface area (Å²) in [5.74, 6) is 0.322. The SMILES string of the molecule is C=CCN1CCC(C(C=C)N2Cc3ccccc3C2=O)CC1=O. The molecule has 2 aliphatic heterocycles. The van der Waals surface area contributed by atoms with Gasteiger partial charge in [-0.25, -0.2) is 0 Å². The fraction of sp³-hybridized carbons (Fsp3) is 0.368. The zero-order valence-electron chi connectivity index (χ0n) is 13.3. The molecule has 2 heterocycles. The molecule has 3 rings (SSSR count). The van der Waals surface area contributed by atoms with Gasteiger partial charge in [-0.05, 0) is 24.0 Å². The van der Waals surface area contributed by atoms with Crippen molar-refractivity contribution in [3.05, 3.63) is 60.7 Å². The number of nitrogens with zero attached hydrogens (tertiary/aromatic N) is 2. The zero-order valence-corrected chi connectivity index (χ0v) is 13.3. The van der Waals surface area contributed by atoms with E-state index >= 15 is 0 Å². The molecule has 120 valence electrons. The molecule has 0 saturated carbocycles. The molecule has 0 spiro atoms. The first-order valence-electron chi connectivity index (χ1n) is 8.05. The van der Waals surface area contributed by atoms with Crippen molar-refractivity contribution in [3.63, 3.8) is 0 Å². The van der Waals surface area contributed by atoms with E-state index in [1.807, 2.05) is 40.1 Å². The Morgan fingerprint density at radius 3 is 2.70 bits per heavy atom. The summed E-state index contributed by atoms with van der Waals surface area (Å²) in [5.41, 5.74) is 1.83. The van der Waals surface area contributed by atoms with Gasteiger partial charge in [0.15, 0.2) is 0 Å². The number of carbonyl (C=O) groups is 2. The van der Waals surface area contributed by atoms with Crippen molar-refractivity contribution in [1.82, 2.24) is 9.80 Å². The Bertz CT molecular complexity index is 653. The lowest BCUT2D eigenvalue weighted by atomic mass is 9.88. The van der Waals surface area contributed by atoms with Gasteiger partial charge in [0.05, 0.1) is 6.04 Å². The van der Waals surface area contributed by atoms with Gasteiger partial charge in [-0.1, -0.05) is 30.4 Å². The van der Waals surface area contributed by atoms with Gasteiger partial charge in [0.1, 0.15) is 0 Å². The number of rotatable bonds is 5. The van der Waals surface area contributed by atoms with E-state index in [0.29, 0.717) is 19.5 Å². The number of likely N-dealkylation sites (tertiary alicyclic amines) is 1. The molecule has 0 aromatic heterocycles. The van der Waals surface area contributed by atoms with Crippen LogP contribution in [0.15, 0.2) is 49.6 Å². The van der Waals surface area contributed by atoms with Crippen molar-refractivity contribution >= 4 is 11.8 Å². The summed E-state index contributed by atoms with van der Waals surface area (Å²) in [7, 11) is 0. The minimum absolute atomic E-state index is 0.0477. The van der Waals surface area contributed by atoms with Crippen LogP contribution in [-0.2, 0) is 11.3 Å². The normalized spacial score (nSPS) is 22.0. The Labute approximate surface area is 137 Å². The predicted octanol–water partition coefficient (Wildman–Crippen LogP) is 2.62. The molecular formula is C19H22N2O2. The molecule has 0 N–H and O–H groups in total. The van der Waals surface area contributed by atoms with Gasteiger partial charge in [-0.15, -0.1) is 13.2 Å². The molecule has 1 aromatic rings. The van der Waals surface area contributed by atoms with E-state index in [4.69, 9.17) is 0 Å². The largest absolute Gasteiger partial charge is 0.339 e. The summed E-state index contributed by atoms with van der Waals surface area (Å²) >= 11 is 0. The van der Waals surface area contributed by atoms with Gasteiger partial charge in [-0.2, -0.15) is 0 Å². The van der Waals surface area contributed by atoms with Crippen LogP contribution in [0.3, 0.4) is 0 Å². The Hall–Kier alpha value is -2.36. The molecular weight excluding hydrogens is 288 g/mol. The van der Waals surface area contributed by atoms with Crippen LogP contribution in [0.1, 0.15) is 28.8 Å². The Morgan fingerprint density at radius 1 is 1.26 bits per heavy atom. The van der Waals surface area contributed by atoms with Gasteiger partial charge in [-0.3, -0.25) is 9.59 Å². The molecule has 23 heavy (non-hydrogen) atoms. The van der Waals surface area contributed by atoms with Gasteiger partial charge < -0.3 is 9.80 Å². The topological polar surface area (TPSA) is 40.6 Å². The van der Waals surface area contributed by atoms with Crippen molar-refractivity contribution in [2.24, 2.45) is 5.92 Å². The van der Waals surface area contributed by atoms with E-state index in [1.54, 1.807) is 6.08 Å². The second kappa shape index (κ2) is 6.41. The summed E-state index contributed by atoms with van der Waals surface area (Å²) in [5, 5.41) is 0. The predicted molar refractivity (Wildman–Crippen MR) is 89.8 cm³/mol. The molecule has 0 radical (unpaired) electrons. The summed E-state index contributed by atoms with van der Waals surface area (Å²) < 4.78 is 0. The molecule has 1 aromatic carbocycles. The van der Waals surface area contributed by atoms with Crippen LogP contribution in [0.5, 0.6) is 0 Å². The first kappa shape index (κ1) is 15.5. The molecule has 2 aliphatic rings. The summed E-state index contributed by atoms with van der Waals surface area (Å²) in [6, 6.07) is 7.61. The van der Waals surface area contributed by atoms with Crippen LogP contribution >= 0.6 is 0 Å². The van der Waals surface area contributed by atoms with Crippen LogP contribution in [0, 0.1) is 5.92 Å². The molecule has 1 saturated heterocycles.